The van der Waals surface area contributed by atoms with Crippen LogP contribution in [0.3, 0.4) is 0 Å². The van der Waals surface area contributed by atoms with E-state index in [1.165, 1.54) is 0 Å². The maximum atomic E-state index is 14.3. The van der Waals surface area contributed by atoms with Crippen LogP contribution in [0.4, 0.5) is 0 Å². The molecule has 13 atom stereocenters. The number of primary amides is 1. The first-order valence-electron chi connectivity index (χ1n) is 27.7. The van der Waals surface area contributed by atoms with Gasteiger partial charge in [-0.3, -0.25) is 78.2 Å². The van der Waals surface area contributed by atoms with Crippen molar-refractivity contribution >= 4 is 71.9 Å². The molecule has 0 aromatic carbocycles. The van der Waals surface area contributed by atoms with Gasteiger partial charge in [-0.05, 0) is 109 Å². The molecule has 462 valence electrons. The second kappa shape index (κ2) is 34.7. The second-order valence-electron chi connectivity index (χ2n) is 20.9. The molecule has 33 heteroatoms. The minimum absolute atomic E-state index is 0.0333. The van der Waals surface area contributed by atoms with E-state index in [1.807, 2.05) is 0 Å². The van der Waals surface area contributed by atoms with Crippen molar-refractivity contribution in [1.82, 2.24) is 68.2 Å². The maximum absolute atomic E-state index is 14.3. The van der Waals surface area contributed by atoms with Gasteiger partial charge in [0, 0.05) is 38.5 Å². The third kappa shape index (κ3) is 21.2. The molecule has 1 saturated carbocycles. The van der Waals surface area contributed by atoms with Crippen LogP contribution < -0.4 is 64.6 Å². The first-order chi connectivity index (χ1) is 39.1. The number of nitrogens with one attached hydrogen (secondary N) is 10. The molecule has 0 aromatic rings. The Labute approximate surface area is 472 Å². The Bertz CT molecular complexity index is 2200. The number of amides is 12. The molecule has 4 rings (SSSR count). The highest BCUT2D eigenvalue weighted by Crippen LogP contribution is 2.40. The van der Waals surface area contributed by atoms with Crippen LogP contribution in [-0.2, 0) is 57.5 Å². The fraction of sp³-hybridized carbons (Fsp3) is 0.755. The van der Waals surface area contributed by atoms with E-state index in [9.17, 15) is 88.4 Å². The number of hydrogen-bond acceptors (Lipinski definition) is 21. The Morgan fingerprint density at radius 1 is 0.707 bits per heavy atom. The average Bonchev–Trinajstić information content (AvgIpc) is 1.58. The Hall–Kier alpha value is -6.72. The number of carbonyl (C=O) groups excluding carboxylic acids is 12. The van der Waals surface area contributed by atoms with Crippen molar-refractivity contribution in [2.45, 2.75) is 175 Å². The van der Waals surface area contributed by atoms with Gasteiger partial charge < -0.3 is 79.7 Å². The summed E-state index contributed by atoms with van der Waals surface area (Å²) >= 11 is 0. The molecule has 4 aliphatic rings. The molecule has 1 aliphatic carbocycles. The van der Waals surface area contributed by atoms with Crippen molar-refractivity contribution < 1.29 is 88.4 Å². The number of unbranched alkanes of at least 4 members (excludes halogenated alkanes) is 1. The van der Waals surface area contributed by atoms with Gasteiger partial charge in [0.05, 0.1) is 50.2 Å². The van der Waals surface area contributed by atoms with Crippen LogP contribution in [0.25, 0.3) is 0 Å². The van der Waals surface area contributed by atoms with E-state index in [0.717, 1.165) is 0 Å². The van der Waals surface area contributed by atoms with Crippen molar-refractivity contribution in [3.8, 4) is 0 Å². The molecular weight excluding hydrogens is 1090 g/mol. The van der Waals surface area contributed by atoms with Gasteiger partial charge >= 0.3 is 0 Å². The summed E-state index contributed by atoms with van der Waals surface area (Å²) in [5.41, 5.74) is 11.0. The van der Waals surface area contributed by atoms with E-state index in [-0.39, 0.29) is 141 Å². The van der Waals surface area contributed by atoms with Crippen LogP contribution in [0, 0.1) is 5.92 Å². The van der Waals surface area contributed by atoms with Crippen molar-refractivity contribution in [3.63, 3.8) is 0 Å². The molecule has 20 N–H and O–H groups in total. The number of fused-ring (bicyclic) bond motifs is 3. The second-order valence-corrected chi connectivity index (χ2v) is 20.9. The van der Waals surface area contributed by atoms with Crippen LogP contribution in [0.2, 0.25) is 0 Å². The largest absolute Gasteiger partial charge is 0.394 e. The van der Waals surface area contributed by atoms with Crippen molar-refractivity contribution in [3.05, 3.63) is 0 Å². The summed E-state index contributed by atoms with van der Waals surface area (Å²) in [6, 6.07) is -10.7. The maximum Gasteiger partial charge on any atom is 0.245 e. The predicted octanol–water partition coefficient (Wildman–Crippen LogP) is -8.67. The number of nitrogens with two attached hydrogens (primary N) is 2. The Balaban J connectivity index is 1.47. The normalized spacial score (nSPS) is 26.2. The number of aliphatic hydroxyl groups excluding tert-OH is 4. The number of aliphatic hydroxyl groups is 4. The van der Waals surface area contributed by atoms with Gasteiger partial charge in [-0.15, -0.1) is 0 Å². The Morgan fingerprint density at radius 2 is 1.38 bits per heavy atom. The molecule has 33 nitrogen and oxygen atoms in total. The predicted molar refractivity (Wildman–Crippen MR) is 282 cm³/mol. The van der Waals surface area contributed by atoms with E-state index >= 15 is 0 Å². The molecule has 0 radical (unpaired) electrons. The van der Waals surface area contributed by atoms with Gasteiger partial charge in [0.2, 0.25) is 71.9 Å². The lowest BCUT2D eigenvalue weighted by atomic mass is 9.72. The highest BCUT2D eigenvalue weighted by Gasteiger charge is 2.53. The first kappa shape index (κ1) is 67.8. The lowest BCUT2D eigenvalue weighted by Gasteiger charge is -2.57. The summed E-state index contributed by atoms with van der Waals surface area (Å²) < 4.78 is 0. The van der Waals surface area contributed by atoms with Crippen molar-refractivity contribution in [2.24, 2.45) is 17.4 Å². The number of carbonyl (C=O) groups is 12. The van der Waals surface area contributed by atoms with Gasteiger partial charge in [-0.1, -0.05) is 0 Å². The molecule has 0 bridgehead atoms. The highest BCUT2D eigenvalue weighted by molar-refractivity contribution is 5.97. The van der Waals surface area contributed by atoms with Gasteiger partial charge in [0.15, 0.2) is 0 Å². The number of hydrogen-bond donors (Lipinski definition) is 18. The molecule has 0 spiro atoms. The van der Waals surface area contributed by atoms with Crippen LogP contribution in [-0.4, -0.2) is 243 Å². The van der Waals surface area contributed by atoms with Gasteiger partial charge in [0.1, 0.15) is 36.3 Å². The molecular formula is C49H83N15O18. The summed E-state index contributed by atoms with van der Waals surface area (Å²) in [6.07, 6.45) is -1.73. The number of piperidine rings is 1. The van der Waals surface area contributed by atoms with Crippen molar-refractivity contribution in [2.75, 3.05) is 52.5 Å². The summed E-state index contributed by atoms with van der Waals surface area (Å²) in [6.45, 7) is -2.54. The van der Waals surface area contributed by atoms with E-state index in [2.05, 4.69) is 53.2 Å². The lowest BCUT2D eigenvalue weighted by Crippen LogP contribution is -2.75. The Kier molecular flexibility index (Phi) is 28.6. The third-order valence-corrected chi connectivity index (χ3v) is 14.8. The van der Waals surface area contributed by atoms with E-state index in [1.54, 1.807) is 4.90 Å². The number of rotatable bonds is 30. The van der Waals surface area contributed by atoms with E-state index < -0.39 is 152 Å². The molecule has 82 heavy (non-hydrogen) atoms. The van der Waals surface area contributed by atoms with Gasteiger partial charge in [0.25, 0.3) is 0 Å². The summed E-state index contributed by atoms with van der Waals surface area (Å²) in [7, 11) is 0. The quantitative estimate of drug-likeness (QED) is 0.0137. The zero-order valence-corrected chi connectivity index (χ0v) is 45.7. The summed E-state index contributed by atoms with van der Waals surface area (Å²) in [4.78, 5) is 158. The van der Waals surface area contributed by atoms with Gasteiger partial charge in [-0.2, -0.15) is 0 Å². The standard InChI is InChI=1S/C49H83N15O18/c50-14-3-1-7-28(57-48(79)34(24-66)61-49(80)35-13-16-52-42-32(56-40(72)12-11-39(51)71)19-27-20-37(69)38(70)21-36(27)64(35)42)43(74)54-22-41(73)55-29(9-5-17-62(81)25-67)45(76)58-30-8-2-4-15-53-44(75)33(23-65)60-47(78)31(59-46(30)77)10-6-18-63(82)26-68/h25-38,42,52,65-66,69-70,81-82H,1-24,50H2,(H2,51,71)(H,53,75)(H,54,74)(H,55,73)(H,56,72)(H,57,79)(H,58,76)(H,59,77)(H,60,78)(H,61,80)/t27?,28-,29-,30-,31+,32?,33-,34+,35+,36?,37?,38?,42?/m0/s1. The zero-order chi connectivity index (χ0) is 60.5. The highest BCUT2D eigenvalue weighted by atomic mass is 16.5. The van der Waals surface area contributed by atoms with Crippen molar-refractivity contribution in [1.29, 1.82) is 0 Å². The van der Waals surface area contributed by atoms with Gasteiger partial charge in [-0.25, -0.2) is 10.1 Å². The fourth-order valence-corrected chi connectivity index (χ4v) is 10.5. The minimum Gasteiger partial charge on any atom is -0.394 e. The lowest BCUT2D eigenvalue weighted by molar-refractivity contribution is -0.150. The van der Waals surface area contributed by atoms with Crippen LogP contribution in [0.5, 0.6) is 0 Å². The SMILES string of the molecule is NCCCC[C@H](NC(=O)[C@@H](CO)NC(=O)[C@H]1CCNC2C(NC(=O)CCC(N)=O)CC3CC(O)C(O)CC3N21)C(=O)NCC(=O)N[C@@H](CCCN(O)C=O)C(=O)N[C@H]1CCCCNC(=O)[C@H](CO)NC(=O)[C@@H](CCCN(O)C=O)NC1=O. The monoisotopic (exact) mass is 1170 g/mol. The molecule has 3 aliphatic heterocycles. The fourth-order valence-electron chi connectivity index (χ4n) is 10.5. The summed E-state index contributed by atoms with van der Waals surface area (Å²) in [5, 5.41) is 87.8. The van der Waals surface area contributed by atoms with Crippen LogP contribution in [0.1, 0.15) is 103 Å². The molecule has 12 amide bonds. The van der Waals surface area contributed by atoms with E-state index in [4.69, 9.17) is 11.5 Å². The minimum atomic E-state index is -1.62. The first-order valence-corrected chi connectivity index (χ1v) is 27.7. The molecule has 4 fully saturated rings. The number of nitrogens with zero attached hydrogens (tertiary/aromatic N) is 3. The van der Waals surface area contributed by atoms with Crippen LogP contribution >= 0.6 is 0 Å². The topological polar surface area (TPSA) is 508 Å². The summed E-state index contributed by atoms with van der Waals surface area (Å²) in [5.74, 6) is -8.43. The van der Waals surface area contributed by atoms with E-state index in [0.29, 0.717) is 23.0 Å². The number of hydroxylamine groups is 4. The molecule has 3 heterocycles. The Morgan fingerprint density at radius 3 is 2.05 bits per heavy atom. The molecule has 6 unspecified atom stereocenters. The third-order valence-electron chi connectivity index (χ3n) is 14.8. The van der Waals surface area contributed by atoms with Crippen LogP contribution in [0.15, 0.2) is 0 Å². The molecule has 3 saturated heterocycles. The zero-order valence-electron chi connectivity index (χ0n) is 45.7. The molecule has 0 aromatic heterocycles. The smallest absolute Gasteiger partial charge is 0.245 e. The average molecular weight is 1170 g/mol.